The number of carbonyl (C=O) groups excluding carboxylic acids is 1. The SMILES string of the molecule is COc1cccc2c(OC(=O)C(C)C)c(-c3ccccc3)cc(O)c12. The summed E-state index contributed by atoms with van der Waals surface area (Å²) in [4.78, 5) is 12.3. The molecule has 0 radical (unpaired) electrons. The number of aromatic hydroxyl groups is 1. The normalized spacial score (nSPS) is 10.9. The molecule has 0 aliphatic heterocycles. The van der Waals surface area contributed by atoms with Crippen molar-refractivity contribution in [2.75, 3.05) is 7.11 Å². The minimum absolute atomic E-state index is 0.0793. The molecule has 1 N–H and O–H groups in total. The molecule has 4 heteroatoms. The van der Waals surface area contributed by atoms with Crippen molar-refractivity contribution in [2.24, 2.45) is 5.92 Å². The second-order valence-corrected chi connectivity index (χ2v) is 6.10. The van der Waals surface area contributed by atoms with E-state index in [2.05, 4.69) is 0 Å². The highest BCUT2D eigenvalue weighted by Crippen LogP contribution is 2.45. The Hall–Kier alpha value is -3.01. The molecule has 0 aliphatic rings. The van der Waals surface area contributed by atoms with Gasteiger partial charge in [0.15, 0.2) is 0 Å². The zero-order chi connectivity index (χ0) is 18.0. The summed E-state index contributed by atoms with van der Waals surface area (Å²) in [5.41, 5.74) is 1.52. The van der Waals surface area contributed by atoms with Crippen LogP contribution in [-0.4, -0.2) is 18.2 Å². The van der Waals surface area contributed by atoms with E-state index in [4.69, 9.17) is 9.47 Å². The first-order valence-electron chi connectivity index (χ1n) is 8.12. The summed E-state index contributed by atoms with van der Waals surface area (Å²) >= 11 is 0. The molecule has 0 saturated heterocycles. The topological polar surface area (TPSA) is 55.8 Å². The maximum absolute atomic E-state index is 12.3. The summed E-state index contributed by atoms with van der Waals surface area (Å²) < 4.78 is 11.1. The van der Waals surface area contributed by atoms with Gasteiger partial charge in [-0.05, 0) is 17.7 Å². The van der Waals surface area contributed by atoms with Gasteiger partial charge in [0.05, 0.1) is 18.4 Å². The molecule has 3 aromatic rings. The summed E-state index contributed by atoms with van der Waals surface area (Å²) in [6.07, 6.45) is 0. The van der Waals surface area contributed by atoms with E-state index in [9.17, 15) is 9.90 Å². The number of phenols is 1. The second-order valence-electron chi connectivity index (χ2n) is 6.10. The number of hydrogen-bond donors (Lipinski definition) is 1. The van der Waals surface area contributed by atoms with Gasteiger partial charge in [-0.15, -0.1) is 0 Å². The number of benzene rings is 3. The largest absolute Gasteiger partial charge is 0.507 e. The minimum Gasteiger partial charge on any atom is -0.507 e. The molecule has 0 aliphatic carbocycles. The Balaban J connectivity index is 2.33. The van der Waals surface area contributed by atoms with E-state index in [0.29, 0.717) is 27.8 Å². The van der Waals surface area contributed by atoms with Crippen LogP contribution in [-0.2, 0) is 4.79 Å². The van der Waals surface area contributed by atoms with E-state index in [1.807, 2.05) is 42.5 Å². The van der Waals surface area contributed by atoms with Gasteiger partial charge in [0.2, 0.25) is 0 Å². The third-order valence-electron chi connectivity index (χ3n) is 4.03. The molecule has 0 bridgehead atoms. The molecular formula is C21H20O4. The van der Waals surface area contributed by atoms with Crippen molar-refractivity contribution in [2.45, 2.75) is 13.8 Å². The van der Waals surface area contributed by atoms with E-state index in [-0.39, 0.29) is 17.6 Å². The fourth-order valence-electron chi connectivity index (χ4n) is 2.73. The predicted molar refractivity (Wildman–Crippen MR) is 98.1 cm³/mol. The number of phenolic OH excluding ortho intramolecular Hbond substituents is 1. The van der Waals surface area contributed by atoms with Crippen molar-refractivity contribution in [3.8, 4) is 28.4 Å². The van der Waals surface area contributed by atoms with E-state index in [1.165, 1.54) is 0 Å². The van der Waals surface area contributed by atoms with Gasteiger partial charge in [-0.1, -0.05) is 56.3 Å². The fraction of sp³-hybridized carbons (Fsp3) is 0.190. The van der Waals surface area contributed by atoms with Crippen LogP contribution in [0.1, 0.15) is 13.8 Å². The number of fused-ring (bicyclic) bond motifs is 1. The van der Waals surface area contributed by atoms with Crippen LogP contribution in [0.2, 0.25) is 0 Å². The van der Waals surface area contributed by atoms with E-state index >= 15 is 0 Å². The summed E-state index contributed by atoms with van der Waals surface area (Å²) in [6, 6.07) is 16.5. The Morgan fingerprint density at radius 1 is 1.04 bits per heavy atom. The summed E-state index contributed by atoms with van der Waals surface area (Å²) in [7, 11) is 1.54. The first kappa shape index (κ1) is 16.8. The monoisotopic (exact) mass is 336 g/mol. The zero-order valence-electron chi connectivity index (χ0n) is 14.4. The zero-order valence-corrected chi connectivity index (χ0v) is 14.4. The van der Waals surface area contributed by atoms with E-state index in [1.54, 1.807) is 33.1 Å². The molecule has 0 heterocycles. The van der Waals surface area contributed by atoms with Crippen molar-refractivity contribution in [1.82, 2.24) is 0 Å². The Kier molecular flexibility index (Phi) is 4.61. The average Bonchev–Trinajstić information content (AvgIpc) is 2.63. The van der Waals surface area contributed by atoms with Crippen LogP contribution >= 0.6 is 0 Å². The van der Waals surface area contributed by atoms with Gasteiger partial charge < -0.3 is 14.6 Å². The third kappa shape index (κ3) is 3.15. The lowest BCUT2D eigenvalue weighted by Crippen LogP contribution is -2.15. The lowest BCUT2D eigenvalue weighted by molar-refractivity contribution is -0.137. The molecular weight excluding hydrogens is 316 g/mol. The van der Waals surface area contributed by atoms with E-state index in [0.717, 1.165) is 5.56 Å². The predicted octanol–water partition coefficient (Wildman–Crippen LogP) is 4.78. The van der Waals surface area contributed by atoms with E-state index < -0.39 is 0 Å². The van der Waals surface area contributed by atoms with Gasteiger partial charge >= 0.3 is 5.97 Å². The minimum atomic E-state index is -0.327. The molecule has 128 valence electrons. The van der Waals surface area contributed by atoms with Crippen molar-refractivity contribution >= 4 is 16.7 Å². The van der Waals surface area contributed by atoms with Gasteiger partial charge in [-0.25, -0.2) is 0 Å². The van der Waals surface area contributed by atoms with Crippen LogP contribution in [0, 0.1) is 5.92 Å². The van der Waals surface area contributed by atoms with Gasteiger partial charge in [0, 0.05) is 10.9 Å². The lowest BCUT2D eigenvalue weighted by atomic mass is 9.98. The van der Waals surface area contributed by atoms with Crippen molar-refractivity contribution in [3.05, 3.63) is 54.6 Å². The van der Waals surface area contributed by atoms with Crippen LogP contribution in [0.3, 0.4) is 0 Å². The second kappa shape index (κ2) is 6.85. The highest BCUT2D eigenvalue weighted by Gasteiger charge is 2.20. The quantitative estimate of drug-likeness (QED) is 0.550. The molecule has 4 nitrogen and oxygen atoms in total. The fourth-order valence-corrected chi connectivity index (χ4v) is 2.73. The molecule has 3 aromatic carbocycles. The lowest BCUT2D eigenvalue weighted by Gasteiger charge is -2.17. The smallest absolute Gasteiger partial charge is 0.313 e. The molecule has 0 saturated carbocycles. The molecule has 0 spiro atoms. The summed E-state index contributed by atoms with van der Waals surface area (Å²) in [5, 5.41) is 11.7. The molecule has 0 fully saturated rings. The third-order valence-corrected chi connectivity index (χ3v) is 4.03. The Bertz CT molecular complexity index is 914. The maximum atomic E-state index is 12.3. The Labute approximate surface area is 146 Å². The number of methoxy groups -OCH3 is 1. The molecule has 0 atom stereocenters. The number of esters is 1. The highest BCUT2D eigenvalue weighted by molar-refractivity contribution is 6.03. The molecule has 3 rings (SSSR count). The van der Waals surface area contributed by atoms with Crippen molar-refractivity contribution in [1.29, 1.82) is 0 Å². The maximum Gasteiger partial charge on any atom is 0.313 e. The molecule has 0 amide bonds. The van der Waals surface area contributed by atoms with Crippen LogP contribution in [0.4, 0.5) is 0 Å². The number of hydrogen-bond acceptors (Lipinski definition) is 4. The molecule has 25 heavy (non-hydrogen) atoms. The van der Waals surface area contributed by atoms with Gasteiger partial charge in [-0.2, -0.15) is 0 Å². The van der Waals surface area contributed by atoms with Gasteiger partial charge in [-0.3, -0.25) is 4.79 Å². The van der Waals surface area contributed by atoms with Crippen LogP contribution in [0.15, 0.2) is 54.6 Å². The summed E-state index contributed by atoms with van der Waals surface area (Å²) in [5.74, 6) is 0.439. The van der Waals surface area contributed by atoms with Crippen LogP contribution < -0.4 is 9.47 Å². The van der Waals surface area contributed by atoms with Crippen LogP contribution in [0.25, 0.3) is 21.9 Å². The van der Waals surface area contributed by atoms with Crippen molar-refractivity contribution < 1.29 is 19.4 Å². The number of ether oxygens (including phenoxy) is 2. The van der Waals surface area contributed by atoms with Crippen molar-refractivity contribution in [3.63, 3.8) is 0 Å². The Morgan fingerprint density at radius 3 is 2.40 bits per heavy atom. The highest BCUT2D eigenvalue weighted by atomic mass is 16.5. The van der Waals surface area contributed by atoms with Crippen LogP contribution in [0.5, 0.6) is 17.2 Å². The standard InChI is InChI=1S/C21H20O4/c1-13(2)21(23)25-20-15-10-7-11-18(24-3)19(15)17(22)12-16(20)14-8-5-4-6-9-14/h4-13,22H,1-3H3. The number of rotatable bonds is 4. The Morgan fingerprint density at radius 2 is 1.76 bits per heavy atom. The first-order chi connectivity index (χ1) is 12.0. The average molecular weight is 336 g/mol. The molecule has 0 aromatic heterocycles. The number of carbonyl (C=O) groups is 1. The van der Waals surface area contributed by atoms with Gasteiger partial charge in [0.1, 0.15) is 17.2 Å². The van der Waals surface area contributed by atoms with Gasteiger partial charge in [0.25, 0.3) is 0 Å². The first-order valence-corrected chi connectivity index (χ1v) is 8.12. The summed E-state index contributed by atoms with van der Waals surface area (Å²) in [6.45, 7) is 3.57. The molecule has 0 unspecified atom stereocenters.